The molecule has 0 saturated carbocycles. The number of carbonyl (C=O) groups is 1. The van der Waals surface area contributed by atoms with Crippen LogP contribution in [0.3, 0.4) is 0 Å². The predicted molar refractivity (Wildman–Crippen MR) is 137 cm³/mol. The lowest BCUT2D eigenvalue weighted by Gasteiger charge is -2.16. The number of thiophene rings is 1. The van der Waals surface area contributed by atoms with Crippen LogP contribution in [0.25, 0.3) is 22.4 Å². The van der Waals surface area contributed by atoms with Gasteiger partial charge >= 0.3 is 0 Å². The maximum Gasteiger partial charge on any atom is 0.267 e. The second kappa shape index (κ2) is 9.08. The number of hydrogen-bond acceptors (Lipinski definition) is 6. The Kier molecular flexibility index (Phi) is 5.97. The Labute approximate surface area is 204 Å². The van der Waals surface area contributed by atoms with Crippen LogP contribution in [0.5, 0.6) is 0 Å². The van der Waals surface area contributed by atoms with Gasteiger partial charge in [-0.1, -0.05) is 47.7 Å². The zero-order valence-electron chi connectivity index (χ0n) is 19.1. The molecule has 0 fully saturated rings. The summed E-state index contributed by atoms with van der Waals surface area (Å²) in [5, 5.41) is 11.9. The molecule has 3 aromatic heterocycles. The Bertz CT molecular complexity index is 1570. The number of hydrogen-bond donors (Lipinski definition) is 0. The van der Waals surface area contributed by atoms with Gasteiger partial charge in [0, 0.05) is 11.9 Å². The highest BCUT2D eigenvalue weighted by atomic mass is 32.2. The first kappa shape index (κ1) is 22.4. The van der Waals surface area contributed by atoms with Gasteiger partial charge in [-0.2, -0.15) is 0 Å². The number of benzene rings is 2. The number of fused-ring (bicyclic) bond motifs is 3. The molecule has 2 aromatic carbocycles. The van der Waals surface area contributed by atoms with Gasteiger partial charge in [0.25, 0.3) is 5.56 Å². The van der Waals surface area contributed by atoms with Crippen molar-refractivity contribution < 1.29 is 4.79 Å². The summed E-state index contributed by atoms with van der Waals surface area (Å²) < 4.78 is 3.48. The van der Waals surface area contributed by atoms with Gasteiger partial charge in [-0.15, -0.1) is 21.5 Å². The summed E-state index contributed by atoms with van der Waals surface area (Å²) >= 11 is 2.95. The Morgan fingerprint density at radius 3 is 2.68 bits per heavy atom. The molecule has 0 atom stereocenters. The molecule has 0 aliphatic carbocycles. The molecule has 172 valence electrons. The van der Waals surface area contributed by atoms with Crippen molar-refractivity contribution in [2.24, 2.45) is 0 Å². The zero-order chi connectivity index (χ0) is 23.8. The molecule has 34 heavy (non-hydrogen) atoms. The van der Waals surface area contributed by atoms with Crippen molar-refractivity contribution in [2.45, 2.75) is 25.5 Å². The van der Waals surface area contributed by atoms with E-state index in [9.17, 15) is 9.59 Å². The fourth-order valence-electron chi connectivity index (χ4n) is 4.01. The SMILES string of the molecule is Cc1ccc(-n2c(=O)c3ccccc3n3c(SCC(=O)N(C)Cc4cccs4)nnc23)c(C)c1. The van der Waals surface area contributed by atoms with Crippen molar-refractivity contribution in [1.82, 2.24) is 24.1 Å². The van der Waals surface area contributed by atoms with Gasteiger partial charge < -0.3 is 4.90 Å². The third kappa shape index (κ3) is 4.01. The first-order valence-corrected chi connectivity index (χ1v) is 12.7. The molecule has 0 aliphatic rings. The lowest BCUT2D eigenvalue weighted by molar-refractivity contribution is -0.127. The highest BCUT2D eigenvalue weighted by Crippen LogP contribution is 2.25. The molecule has 0 radical (unpaired) electrons. The van der Waals surface area contributed by atoms with E-state index in [0.29, 0.717) is 22.9 Å². The molecular weight excluding hydrogens is 466 g/mol. The molecule has 0 unspecified atom stereocenters. The van der Waals surface area contributed by atoms with Crippen LogP contribution in [-0.2, 0) is 11.3 Å². The summed E-state index contributed by atoms with van der Waals surface area (Å²) in [6.07, 6.45) is 0. The minimum atomic E-state index is -0.147. The van der Waals surface area contributed by atoms with Crippen LogP contribution in [-0.4, -0.2) is 42.8 Å². The summed E-state index contributed by atoms with van der Waals surface area (Å²) in [5.41, 5.74) is 3.43. The quantitative estimate of drug-likeness (QED) is 0.329. The van der Waals surface area contributed by atoms with Gasteiger partial charge in [-0.05, 0) is 49.1 Å². The third-order valence-corrected chi connectivity index (χ3v) is 7.49. The Hall–Kier alpha value is -3.43. The smallest absolute Gasteiger partial charge is 0.267 e. The first-order valence-electron chi connectivity index (χ1n) is 10.8. The average Bonchev–Trinajstić information content (AvgIpc) is 3.49. The molecule has 3 heterocycles. The van der Waals surface area contributed by atoms with E-state index in [1.165, 1.54) is 11.8 Å². The number of nitrogens with zero attached hydrogens (tertiary/aromatic N) is 5. The maximum atomic E-state index is 13.5. The van der Waals surface area contributed by atoms with Crippen molar-refractivity contribution in [3.05, 3.63) is 86.3 Å². The number of aromatic nitrogens is 4. The van der Waals surface area contributed by atoms with Gasteiger partial charge in [-0.25, -0.2) is 4.57 Å². The molecule has 0 bridgehead atoms. The fraction of sp³-hybridized carbons (Fsp3) is 0.200. The summed E-state index contributed by atoms with van der Waals surface area (Å²) in [5.74, 6) is 0.652. The zero-order valence-corrected chi connectivity index (χ0v) is 20.7. The van der Waals surface area contributed by atoms with Crippen LogP contribution in [0.4, 0.5) is 0 Å². The molecule has 1 amide bonds. The van der Waals surface area contributed by atoms with Gasteiger partial charge in [0.1, 0.15) is 0 Å². The Morgan fingerprint density at radius 1 is 1.09 bits per heavy atom. The molecule has 9 heteroatoms. The second-order valence-electron chi connectivity index (χ2n) is 8.18. The number of carbonyl (C=O) groups excluding carboxylic acids is 1. The van der Waals surface area contributed by atoms with Crippen molar-refractivity contribution in [2.75, 3.05) is 12.8 Å². The van der Waals surface area contributed by atoms with E-state index in [4.69, 9.17) is 0 Å². The molecule has 5 rings (SSSR count). The molecule has 5 aromatic rings. The van der Waals surface area contributed by atoms with Crippen molar-refractivity contribution in [1.29, 1.82) is 0 Å². The monoisotopic (exact) mass is 489 g/mol. The van der Waals surface area contributed by atoms with Crippen molar-refractivity contribution >= 4 is 45.7 Å². The topological polar surface area (TPSA) is 72.5 Å². The summed E-state index contributed by atoms with van der Waals surface area (Å²) in [6.45, 7) is 4.58. The van der Waals surface area contributed by atoms with E-state index < -0.39 is 0 Å². The average molecular weight is 490 g/mol. The fourth-order valence-corrected chi connectivity index (χ4v) is 5.64. The highest BCUT2D eigenvalue weighted by Gasteiger charge is 2.20. The minimum absolute atomic E-state index is 0.00200. The number of thioether (sulfide) groups is 1. The molecule has 0 N–H and O–H groups in total. The number of amides is 1. The Balaban J connectivity index is 1.56. The van der Waals surface area contributed by atoms with Gasteiger partial charge in [0.05, 0.1) is 28.9 Å². The number of aryl methyl sites for hydroxylation is 2. The second-order valence-corrected chi connectivity index (χ2v) is 10.2. The van der Waals surface area contributed by atoms with E-state index in [2.05, 4.69) is 10.2 Å². The summed E-state index contributed by atoms with van der Waals surface area (Å²) in [4.78, 5) is 29.1. The van der Waals surface area contributed by atoms with E-state index in [-0.39, 0.29) is 17.2 Å². The van der Waals surface area contributed by atoms with Gasteiger partial charge in [0.15, 0.2) is 5.16 Å². The van der Waals surface area contributed by atoms with E-state index >= 15 is 0 Å². The van der Waals surface area contributed by atoms with Crippen molar-refractivity contribution in [3.63, 3.8) is 0 Å². The van der Waals surface area contributed by atoms with Crippen LogP contribution in [0, 0.1) is 13.8 Å². The minimum Gasteiger partial charge on any atom is -0.340 e. The van der Waals surface area contributed by atoms with Crippen LogP contribution in [0.15, 0.2) is 69.9 Å². The molecule has 0 saturated heterocycles. The number of para-hydroxylation sites is 1. The van der Waals surface area contributed by atoms with Crippen LogP contribution in [0.2, 0.25) is 0 Å². The van der Waals surface area contributed by atoms with Gasteiger partial charge in [0.2, 0.25) is 11.7 Å². The standard InChI is InChI=1S/C25H23N5O2S2/c1-16-10-11-20(17(2)13-16)29-23(32)19-8-4-5-9-21(19)30-24(29)26-27-25(30)34-15-22(31)28(3)14-18-7-6-12-33-18/h4-13H,14-15H2,1-3H3. The summed E-state index contributed by atoms with van der Waals surface area (Å²) in [7, 11) is 1.80. The van der Waals surface area contributed by atoms with E-state index in [1.54, 1.807) is 27.9 Å². The maximum absolute atomic E-state index is 13.5. The third-order valence-electron chi connectivity index (χ3n) is 5.71. The van der Waals surface area contributed by atoms with E-state index in [0.717, 1.165) is 27.2 Å². The lowest BCUT2D eigenvalue weighted by Crippen LogP contribution is -2.27. The van der Waals surface area contributed by atoms with Crippen molar-refractivity contribution in [3.8, 4) is 5.69 Å². The lowest BCUT2D eigenvalue weighted by atomic mass is 10.1. The normalized spacial score (nSPS) is 11.4. The highest BCUT2D eigenvalue weighted by molar-refractivity contribution is 7.99. The molecular formula is C25H23N5O2S2. The van der Waals surface area contributed by atoms with E-state index in [1.807, 2.05) is 78.2 Å². The molecule has 0 aliphatic heterocycles. The van der Waals surface area contributed by atoms with Crippen LogP contribution < -0.4 is 5.56 Å². The van der Waals surface area contributed by atoms with Crippen LogP contribution in [0.1, 0.15) is 16.0 Å². The van der Waals surface area contributed by atoms with Crippen LogP contribution >= 0.6 is 23.1 Å². The largest absolute Gasteiger partial charge is 0.340 e. The predicted octanol–water partition coefficient (Wildman–Crippen LogP) is 4.46. The molecule has 0 spiro atoms. The number of rotatable bonds is 6. The first-order chi connectivity index (χ1) is 16.4. The Morgan fingerprint density at radius 2 is 1.91 bits per heavy atom. The van der Waals surface area contributed by atoms with Gasteiger partial charge in [-0.3, -0.25) is 14.0 Å². The summed E-state index contributed by atoms with van der Waals surface area (Å²) in [6, 6.07) is 17.4. The molecule has 7 nitrogen and oxygen atoms in total.